The Balaban J connectivity index is 1.57. The van der Waals surface area contributed by atoms with E-state index >= 15 is 0 Å². The number of nitrogens with two attached hydrogens (primary N) is 1. The van der Waals surface area contributed by atoms with Crippen LogP contribution >= 0.6 is 0 Å². The second kappa shape index (κ2) is 9.41. The molecule has 0 spiro atoms. The first-order valence-corrected chi connectivity index (χ1v) is 15.9. The van der Waals surface area contributed by atoms with Gasteiger partial charge in [-0.05, 0) is 103 Å². The summed E-state index contributed by atoms with van der Waals surface area (Å²) in [6, 6.07) is 0. The van der Waals surface area contributed by atoms with Gasteiger partial charge in [-0.3, -0.25) is 9.59 Å². The number of hydrogen-bond acceptors (Lipinski definition) is 5. The zero-order valence-electron chi connectivity index (χ0n) is 26.0. The monoisotopic (exact) mass is 541 g/mol. The zero-order chi connectivity index (χ0) is 28.8. The molecule has 5 aliphatic rings. The number of ether oxygens (including phenoxy) is 1. The van der Waals surface area contributed by atoms with Crippen molar-refractivity contribution in [3.63, 3.8) is 0 Å². The van der Waals surface area contributed by atoms with E-state index in [0.717, 1.165) is 37.7 Å². The third-order valence-corrected chi connectivity index (χ3v) is 14.0. The van der Waals surface area contributed by atoms with Crippen LogP contribution in [0.3, 0.4) is 0 Å². The molecule has 0 aliphatic heterocycles. The molecule has 5 heteroatoms. The lowest BCUT2D eigenvalue weighted by Gasteiger charge is -2.72. The Morgan fingerprint density at radius 1 is 0.974 bits per heavy atom. The van der Waals surface area contributed by atoms with Crippen molar-refractivity contribution in [3.8, 4) is 0 Å². The van der Waals surface area contributed by atoms with E-state index < -0.39 is 0 Å². The molecule has 1 unspecified atom stereocenters. The maximum absolute atomic E-state index is 13.7. The van der Waals surface area contributed by atoms with Crippen molar-refractivity contribution in [2.24, 2.45) is 62.4 Å². The van der Waals surface area contributed by atoms with Crippen LogP contribution in [0, 0.1) is 56.7 Å². The SMILES string of the molecule is CC(=O)O[C@H]1CC[C@]2(C)[C@H]3CC[C@@H]4C5=C(C(C)C)C(=O)C[C@]5(C(CN)CO)CC[C@@]4(C)[C@]3(C)CC[C@H]2C1(C)C. The van der Waals surface area contributed by atoms with E-state index in [4.69, 9.17) is 10.5 Å². The number of aliphatic hydroxyl groups is 1. The molecule has 4 saturated carbocycles. The van der Waals surface area contributed by atoms with Crippen molar-refractivity contribution >= 4 is 11.8 Å². The fourth-order valence-corrected chi connectivity index (χ4v) is 12.1. The second-order valence-corrected chi connectivity index (χ2v) is 15.9. The van der Waals surface area contributed by atoms with E-state index in [2.05, 4.69) is 48.5 Å². The smallest absolute Gasteiger partial charge is 0.302 e. The molecule has 3 N–H and O–H groups in total. The van der Waals surface area contributed by atoms with Crippen molar-refractivity contribution in [2.75, 3.05) is 13.2 Å². The van der Waals surface area contributed by atoms with E-state index in [1.807, 2.05) is 0 Å². The van der Waals surface area contributed by atoms with E-state index in [-0.39, 0.29) is 57.6 Å². The molecule has 5 rings (SSSR count). The van der Waals surface area contributed by atoms with E-state index in [1.54, 1.807) is 6.92 Å². The van der Waals surface area contributed by atoms with Gasteiger partial charge in [0.2, 0.25) is 0 Å². The van der Waals surface area contributed by atoms with E-state index in [0.29, 0.717) is 36.5 Å². The molecule has 0 aromatic rings. The van der Waals surface area contributed by atoms with Crippen LogP contribution in [0.1, 0.15) is 113 Å². The maximum atomic E-state index is 13.7. The minimum Gasteiger partial charge on any atom is -0.462 e. The standard InChI is InChI=1S/C34H55NO4/c1-20(2)28-24(38)17-34(22(18-35)19-36)16-15-32(7)23(29(28)34)9-10-26-31(6)13-12-27(39-21(3)37)30(4,5)25(31)11-14-33(26,32)8/h20,22-23,25-27,36H,9-19,35H2,1-8H3/t22?,23-,25+,26-,27+,31+,32-,33-,34+/m1/s1. The molecule has 0 bridgehead atoms. The van der Waals surface area contributed by atoms with Gasteiger partial charge in [0.15, 0.2) is 5.78 Å². The number of rotatable bonds is 5. The van der Waals surface area contributed by atoms with Crippen molar-refractivity contribution in [3.05, 3.63) is 11.1 Å². The number of allylic oxidation sites excluding steroid dienone is 2. The van der Waals surface area contributed by atoms with Crippen LogP contribution in [0.25, 0.3) is 0 Å². The van der Waals surface area contributed by atoms with Gasteiger partial charge in [0.05, 0.1) is 0 Å². The number of fused-ring (bicyclic) bond motifs is 7. The average Bonchev–Trinajstić information content (AvgIpc) is 3.15. The Morgan fingerprint density at radius 2 is 1.67 bits per heavy atom. The van der Waals surface area contributed by atoms with Gasteiger partial charge in [-0.2, -0.15) is 0 Å². The first-order chi connectivity index (χ1) is 18.1. The van der Waals surface area contributed by atoms with Gasteiger partial charge in [-0.15, -0.1) is 0 Å². The van der Waals surface area contributed by atoms with Gasteiger partial charge in [0, 0.05) is 36.7 Å². The molecule has 9 atom stereocenters. The summed E-state index contributed by atoms with van der Waals surface area (Å²) in [4.78, 5) is 25.6. The molecule has 5 aliphatic carbocycles. The largest absolute Gasteiger partial charge is 0.462 e. The van der Waals surface area contributed by atoms with Gasteiger partial charge >= 0.3 is 5.97 Å². The fourth-order valence-electron chi connectivity index (χ4n) is 12.1. The Bertz CT molecular complexity index is 1060. The Morgan fingerprint density at radius 3 is 2.26 bits per heavy atom. The number of ketones is 1. The molecular weight excluding hydrogens is 486 g/mol. The fraction of sp³-hybridized carbons (Fsp3) is 0.882. The van der Waals surface area contributed by atoms with Crippen LogP contribution in [-0.2, 0) is 14.3 Å². The Hall–Kier alpha value is -1.20. The number of aliphatic hydroxyl groups excluding tert-OH is 1. The minimum atomic E-state index is -0.265. The molecule has 39 heavy (non-hydrogen) atoms. The lowest BCUT2D eigenvalue weighted by molar-refractivity contribution is -0.233. The topological polar surface area (TPSA) is 89.6 Å². The highest BCUT2D eigenvalue weighted by atomic mass is 16.5. The summed E-state index contributed by atoms with van der Waals surface area (Å²) in [6.07, 6.45) is 9.31. The van der Waals surface area contributed by atoms with Crippen LogP contribution in [0.4, 0.5) is 0 Å². The number of carbonyl (C=O) groups excluding carboxylic acids is 2. The third kappa shape index (κ3) is 3.76. The molecule has 5 nitrogen and oxygen atoms in total. The number of carbonyl (C=O) groups is 2. The van der Waals surface area contributed by atoms with E-state index in [9.17, 15) is 14.7 Å². The Labute approximate surface area is 237 Å². The summed E-state index contributed by atoms with van der Waals surface area (Å²) < 4.78 is 5.91. The number of hydrogen-bond donors (Lipinski definition) is 2. The molecule has 0 heterocycles. The van der Waals surface area contributed by atoms with Gasteiger partial charge in [-0.1, -0.05) is 54.0 Å². The number of Topliss-reactive ketones (excluding diaryl/α,β-unsaturated/α-hetero) is 1. The predicted octanol–water partition coefficient (Wildman–Crippen LogP) is 6.47. The summed E-state index contributed by atoms with van der Waals surface area (Å²) in [5.74, 6) is 1.82. The van der Waals surface area contributed by atoms with Gasteiger partial charge in [0.25, 0.3) is 0 Å². The molecular formula is C34H55NO4. The first kappa shape index (κ1) is 29.3. The minimum absolute atomic E-state index is 0.00501. The van der Waals surface area contributed by atoms with Crippen molar-refractivity contribution in [2.45, 2.75) is 119 Å². The highest BCUT2D eigenvalue weighted by molar-refractivity contribution is 6.00. The van der Waals surface area contributed by atoms with Crippen molar-refractivity contribution in [1.29, 1.82) is 0 Å². The first-order valence-electron chi connectivity index (χ1n) is 15.9. The highest BCUT2D eigenvalue weighted by Crippen LogP contribution is 2.77. The van der Waals surface area contributed by atoms with E-state index in [1.165, 1.54) is 24.8 Å². The maximum Gasteiger partial charge on any atom is 0.302 e. The van der Waals surface area contributed by atoms with Crippen LogP contribution in [0.2, 0.25) is 0 Å². The Kier molecular flexibility index (Phi) is 7.07. The molecule has 0 amide bonds. The van der Waals surface area contributed by atoms with Crippen LogP contribution in [-0.4, -0.2) is 36.1 Å². The molecule has 0 radical (unpaired) electrons. The number of esters is 1. The summed E-state index contributed by atoms with van der Waals surface area (Å²) in [6.45, 7) is 18.8. The molecule has 0 aromatic heterocycles. The summed E-state index contributed by atoms with van der Waals surface area (Å²) in [7, 11) is 0. The summed E-state index contributed by atoms with van der Waals surface area (Å²) in [5, 5.41) is 10.5. The molecule has 0 aromatic carbocycles. The third-order valence-electron chi connectivity index (χ3n) is 14.0. The predicted molar refractivity (Wildman–Crippen MR) is 155 cm³/mol. The summed E-state index contributed by atoms with van der Waals surface area (Å²) in [5.41, 5.74) is 8.97. The second-order valence-electron chi connectivity index (χ2n) is 15.9. The average molecular weight is 542 g/mol. The van der Waals surface area contributed by atoms with Crippen LogP contribution in [0.15, 0.2) is 11.1 Å². The van der Waals surface area contributed by atoms with Gasteiger partial charge in [-0.25, -0.2) is 0 Å². The molecule has 220 valence electrons. The lowest BCUT2D eigenvalue weighted by atomic mass is 9.32. The van der Waals surface area contributed by atoms with Crippen LogP contribution < -0.4 is 5.73 Å². The normalized spacial score (nSPS) is 45.8. The molecule has 4 fully saturated rings. The van der Waals surface area contributed by atoms with Crippen molar-refractivity contribution < 1.29 is 19.4 Å². The quantitative estimate of drug-likeness (QED) is 0.390. The van der Waals surface area contributed by atoms with Gasteiger partial charge in [0.1, 0.15) is 6.10 Å². The highest BCUT2D eigenvalue weighted by Gasteiger charge is 2.70. The van der Waals surface area contributed by atoms with Crippen molar-refractivity contribution in [1.82, 2.24) is 0 Å². The lowest BCUT2D eigenvalue weighted by Crippen LogP contribution is -2.66. The van der Waals surface area contributed by atoms with Crippen LogP contribution in [0.5, 0.6) is 0 Å². The zero-order valence-corrected chi connectivity index (χ0v) is 26.0. The summed E-state index contributed by atoms with van der Waals surface area (Å²) >= 11 is 0. The molecule has 0 saturated heterocycles. The van der Waals surface area contributed by atoms with Gasteiger partial charge < -0.3 is 15.6 Å².